The Morgan fingerprint density at radius 2 is 2.36 bits per heavy atom. The van der Waals surface area contributed by atoms with Crippen LogP contribution in [0.1, 0.15) is 33.1 Å². The van der Waals surface area contributed by atoms with E-state index < -0.39 is 0 Å². The molecular weight excluding hydrogens is 196 g/mol. The van der Waals surface area contributed by atoms with Gasteiger partial charge in [0.05, 0.1) is 6.61 Å². The summed E-state index contributed by atoms with van der Waals surface area (Å²) < 4.78 is 5.43. The molecule has 1 saturated heterocycles. The lowest BCUT2D eigenvalue weighted by Gasteiger charge is -2.21. The van der Waals surface area contributed by atoms with Gasteiger partial charge in [-0.15, -0.1) is 0 Å². The summed E-state index contributed by atoms with van der Waals surface area (Å²) in [7, 11) is 0. The molecule has 2 nitrogen and oxygen atoms in total. The van der Waals surface area contributed by atoms with Crippen LogP contribution in [-0.4, -0.2) is 30.0 Å². The fourth-order valence-electron chi connectivity index (χ4n) is 1.52. The molecule has 0 aromatic rings. The number of ketones is 1. The van der Waals surface area contributed by atoms with E-state index in [9.17, 15) is 4.79 Å². The first-order valence-electron chi connectivity index (χ1n) is 5.42. The van der Waals surface area contributed by atoms with Crippen LogP contribution in [0.2, 0.25) is 0 Å². The molecule has 0 aromatic heterocycles. The van der Waals surface area contributed by atoms with Crippen LogP contribution in [0.4, 0.5) is 0 Å². The highest BCUT2D eigenvalue weighted by atomic mass is 32.2. The maximum absolute atomic E-state index is 11.6. The van der Waals surface area contributed by atoms with Gasteiger partial charge in [0.2, 0.25) is 0 Å². The maximum atomic E-state index is 11.6. The molecule has 0 bridgehead atoms. The Labute approximate surface area is 90.8 Å². The number of ether oxygens (including phenoxy) is 1. The van der Waals surface area contributed by atoms with Gasteiger partial charge in [0.25, 0.3) is 0 Å². The first-order chi connectivity index (χ1) is 6.70. The number of rotatable bonds is 5. The molecule has 0 radical (unpaired) electrons. The molecule has 1 unspecified atom stereocenters. The topological polar surface area (TPSA) is 26.3 Å². The summed E-state index contributed by atoms with van der Waals surface area (Å²) >= 11 is 1.83. The second-order valence-electron chi connectivity index (χ2n) is 4.19. The minimum Gasteiger partial charge on any atom is -0.369 e. The van der Waals surface area contributed by atoms with E-state index in [-0.39, 0.29) is 6.10 Å². The Balaban J connectivity index is 2.13. The Bertz CT molecular complexity index is 174. The molecule has 1 heterocycles. The van der Waals surface area contributed by atoms with Crippen LogP contribution in [-0.2, 0) is 9.53 Å². The van der Waals surface area contributed by atoms with E-state index in [1.54, 1.807) is 0 Å². The second-order valence-corrected chi connectivity index (χ2v) is 5.34. The largest absolute Gasteiger partial charge is 0.369 e. The maximum Gasteiger partial charge on any atom is 0.162 e. The summed E-state index contributed by atoms with van der Waals surface area (Å²) in [6.45, 7) is 5.13. The molecule has 1 aliphatic rings. The Kier molecular flexibility index (Phi) is 5.56. The highest BCUT2D eigenvalue weighted by molar-refractivity contribution is 7.99. The quantitative estimate of drug-likeness (QED) is 0.706. The molecule has 0 aliphatic carbocycles. The van der Waals surface area contributed by atoms with Crippen molar-refractivity contribution in [1.82, 2.24) is 0 Å². The summed E-state index contributed by atoms with van der Waals surface area (Å²) in [6.07, 6.45) is 2.75. The lowest BCUT2D eigenvalue weighted by Crippen LogP contribution is -2.31. The zero-order chi connectivity index (χ0) is 10.4. The van der Waals surface area contributed by atoms with Crippen LogP contribution in [0, 0.1) is 5.92 Å². The van der Waals surface area contributed by atoms with E-state index in [1.165, 1.54) is 0 Å². The van der Waals surface area contributed by atoms with Gasteiger partial charge in [0.1, 0.15) is 6.10 Å². The fourth-order valence-corrected chi connectivity index (χ4v) is 2.40. The van der Waals surface area contributed by atoms with Gasteiger partial charge in [-0.25, -0.2) is 0 Å². The molecule has 14 heavy (non-hydrogen) atoms. The van der Waals surface area contributed by atoms with Gasteiger partial charge in [-0.1, -0.05) is 20.3 Å². The van der Waals surface area contributed by atoms with Crippen molar-refractivity contribution in [2.75, 3.05) is 18.1 Å². The molecule has 0 amide bonds. The van der Waals surface area contributed by atoms with Gasteiger partial charge >= 0.3 is 0 Å². The minimum atomic E-state index is -0.110. The van der Waals surface area contributed by atoms with E-state index in [0.29, 0.717) is 18.1 Å². The molecule has 1 aliphatic heterocycles. The summed E-state index contributed by atoms with van der Waals surface area (Å²) in [4.78, 5) is 11.6. The van der Waals surface area contributed by atoms with Gasteiger partial charge in [0, 0.05) is 17.9 Å². The van der Waals surface area contributed by atoms with Crippen LogP contribution >= 0.6 is 11.8 Å². The van der Waals surface area contributed by atoms with Crippen molar-refractivity contribution in [3.63, 3.8) is 0 Å². The van der Waals surface area contributed by atoms with E-state index in [1.807, 2.05) is 11.8 Å². The molecule has 1 rings (SSSR count). The van der Waals surface area contributed by atoms with E-state index >= 15 is 0 Å². The molecule has 0 N–H and O–H groups in total. The summed E-state index contributed by atoms with van der Waals surface area (Å²) in [5, 5.41) is 0. The molecule has 0 spiro atoms. The van der Waals surface area contributed by atoms with E-state index in [4.69, 9.17) is 4.74 Å². The monoisotopic (exact) mass is 216 g/mol. The first kappa shape index (κ1) is 12.1. The highest BCUT2D eigenvalue weighted by Gasteiger charge is 2.21. The van der Waals surface area contributed by atoms with Crippen molar-refractivity contribution in [2.24, 2.45) is 5.92 Å². The van der Waals surface area contributed by atoms with Crippen molar-refractivity contribution in [3.8, 4) is 0 Å². The molecule has 1 fully saturated rings. The minimum absolute atomic E-state index is 0.110. The average molecular weight is 216 g/mol. The number of thioether (sulfide) groups is 1. The number of carbonyl (C=O) groups excluding carboxylic acids is 1. The summed E-state index contributed by atoms with van der Waals surface area (Å²) in [5.74, 6) is 2.90. The first-order valence-corrected chi connectivity index (χ1v) is 6.57. The normalized spacial score (nSPS) is 22.6. The Hall–Kier alpha value is -0.0200. The van der Waals surface area contributed by atoms with Crippen molar-refractivity contribution in [2.45, 2.75) is 39.2 Å². The second kappa shape index (κ2) is 6.46. The highest BCUT2D eigenvalue weighted by Crippen LogP contribution is 2.16. The third-order valence-corrected chi connectivity index (χ3v) is 3.37. The molecular formula is C11H20O2S. The van der Waals surface area contributed by atoms with E-state index in [0.717, 1.165) is 31.0 Å². The zero-order valence-electron chi connectivity index (χ0n) is 9.12. The summed E-state index contributed by atoms with van der Waals surface area (Å²) in [6, 6.07) is 0. The van der Waals surface area contributed by atoms with Gasteiger partial charge < -0.3 is 4.74 Å². The summed E-state index contributed by atoms with van der Waals surface area (Å²) in [5.41, 5.74) is 0. The van der Waals surface area contributed by atoms with Crippen molar-refractivity contribution < 1.29 is 9.53 Å². The van der Waals surface area contributed by atoms with Gasteiger partial charge in [0.15, 0.2) is 5.78 Å². The molecule has 0 aromatic carbocycles. The smallest absolute Gasteiger partial charge is 0.162 e. The zero-order valence-corrected chi connectivity index (χ0v) is 9.94. The number of hydrogen-bond donors (Lipinski definition) is 0. The average Bonchev–Trinajstić information content (AvgIpc) is 2.18. The third kappa shape index (κ3) is 4.47. The van der Waals surface area contributed by atoms with Gasteiger partial charge in [-0.05, 0) is 12.3 Å². The van der Waals surface area contributed by atoms with Crippen molar-refractivity contribution in [1.29, 1.82) is 0 Å². The van der Waals surface area contributed by atoms with Crippen molar-refractivity contribution >= 4 is 17.5 Å². The Morgan fingerprint density at radius 1 is 1.57 bits per heavy atom. The Morgan fingerprint density at radius 3 is 2.93 bits per heavy atom. The van der Waals surface area contributed by atoms with Crippen LogP contribution in [0.25, 0.3) is 0 Å². The van der Waals surface area contributed by atoms with Crippen LogP contribution in [0.15, 0.2) is 0 Å². The standard InChI is InChI=1S/C11H20O2S/c1-9(2)4-3-5-10(12)11-8-14-7-6-13-11/h9,11H,3-8H2,1-2H3. The number of carbonyl (C=O) groups is 1. The fraction of sp³-hybridized carbons (Fsp3) is 0.909. The molecule has 3 heteroatoms. The van der Waals surface area contributed by atoms with Crippen LogP contribution in [0.3, 0.4) is 0 Å². The van der Waals surface area contributed by atoms with E-state index in [2.05, 4.69) is 13.8 Å². The lowest BCUT2D eigenvalue weighted by molar-refractivity contribution is -0.129. The van der Waals surface area contributed by atoms with Gasteiger partial charge in [-0.2, -0.15) is 11.8 Å². The van der Waals surface area contributed by atoms with Crippen LogP contribution < -0.4 is 0 Å². The van der Waals surface area contributed by atoms with Gasteiger partial charge in [-0.3, -0.25) is 4.79 Å². The van der Waals surface area contributed by atoms with Crippen molar-refractivity contribution in [3.05, 3.63) is 0 Å². The number of hydrogen-bond acceptors (Lipinski definition) is 3. The molecule has 1 atom stereocenters. The van der Waals surface area contributed by atoms with Crippen LogP contribution in [0.5, 0.6) is 0 Å². The SMILES string of the molecule is CC(C)CCCC(=O)C1CSCCO1. The predicted octanol–water partition coefficient (Wildman–Crippen LogP) is 2.51. The lowest BCUT2D eigenvalue weighted by atomic mass is 10.0. The predicted molar refractivity (Wildman–Crippen MR) is 60.8 cm³/mol. The molecule has 82 valence electrons. The number of Topliss-reactive ketones (excluding diaryl/α,β-unsaturated/α-hetero) is 1. The molecule has 0 saturated carbocycles. The third-order valence-electron chi connectivity index (χ3n) is 2.38.